The lowest BCUT2D eigenvalue weighted by Crippen LogP contribution is -2.45. The second-order valence-corrected chi connectivity index (χ2v) is 8.96. The van der Waals surface area contributed by atoms with Gasteiger partial charge in [0.1, 0.15) is 11.6 Å². The largest absolute Gasteiger partial charge is 0.496 e. The number of aliphatic hydroxyl groups excluding tert-OH is 2. The van der Waals surface area contributed by atoms with E-state index in [1.807, 2.05) is 35.2 Å². The van der Waals surface area contributed by atoms with E-state index in [1.165, 1.54) is 0 Å². The maximum atomic E-state index is 10.2. The van der Waals surface area contributed by atoms with Gasteiger partial charge in [0.25, 0.3) is 0 Å². The molecule has 2 aliphatic heterocycles. The fraction of sp³-hybridized carbons (Fsp3) is 0.480. The third kappa shape index (κ3) is 4.38. The summed E-state index contributed by atoms with van der Waals surface area (Å²) in [7, 11) is 1.59. The molecule has 0 amide bonds. The molecule has 1 aromatic carbocycles. The van der Waals surface area contributed by atoms with E-state index >= 15 is 0 Å². The first-order chi connectivity index (χ1) is 16.6. The van der Waals surface area contributed by atoms with Crippen molar-refractivity contribution in [2.75, 3.05) is 49.8 Å². The predicted octanol–water partition coefficient (Wildman–Crippen LogP) is 2.38. The maximum absolute atomic E-state index is 10.2. The van der Waals surface area contributed by atoms with Gasteiger partial charge < -0.3 is 29.5 Å². The molecule has 5 rings (SSSR count). The molecule has 180 valence electrons. The lowest BCUT2D eigenvalue weighted by Gasteiger charge is -2.36. The van der Waals surface area contributed by atoms with Crippen molar-refractivity contribution in [3.05, 3.63) is 35.9 Å². The number of rotatable bonds is 5. The van der Waals surface area contributed by atoms with Crippen LogP contribution in [0.25, 0.3) is 22.3 Å². The quantitative estimate of drug-likeness (QED) is 0.588. The van der Waals surface area contributed by atoms with Gasteiger partial charge in [-0.25, -0.2) is 4.98 Å². The topological polar surface area (TPSA) is 104 Å². The first-order valence-electron chi connectivity index (χ1n) is 11.8. The molecule has 9 nitrogen and oxygen atoms in total. The summed E-state index contributed by atoms with van der Waals surface area (Å²) in [5.74, 6) is 2.08. The number of piperidine rings is 1. The average Bonchev–Trinajstić information content (AvgIpc) is 2.87. The summed E-state index contributed by atoms with van der Waals surface area (Å²) < 4.78 is 11.0. The Bertz CT molecular complexity index is 1170. The number of aromatic nitrogens is 3. The molecule has 2 atom stereocenters. The number of anilines is 2. The molecule has 0 bridgehead atoms. The minimum atomic E-state index is -0.380. The van der Waals surface area contributed by atoms with Gasteiger partial charge in [0.05, 0.1) is 50.2 Å². The second kappa shape index (κ2) is 9.69. The highest BCUT2D eigenvalue weighted by atomic mass is 16.5. The van der Waals surface area contributed by atoms with Crippen LogP contribution < -0.4 is 14.5 Å². The number of ether oxygens (including phenoxy) is 2. The molecule has 2 saturated heterocycles. The Morgan fingerprint density at radius 1 is 1.15 bits per heavy atom. The highest BCUT2D eigenvalue weighted by Crippen LogP contribution is 2.32. The summed E-state index contributed by atoms with van der Waals surface area (Å²) in [5.41, 5.74) is 2.95. The number of β-amino-alcohol motifs (C(OH)–C–C–N with tert-alkyl or cyclic N) is 1. The third-order valence-corrected chi connectivity index (χ3v) is 6.59. The smallest absolute Gasteiger partial charge is 0.229 e. The van der Waals surface area contributed by atoms with Gasteiger partial charge in [0.2, 0.25) is 5.95 Å². The molecular weight excluding hydrogens is 434 g/mol. The van der Waals surface area contributed by atoms with E-state index < -0.39 is 0 Å². The Morgan fingerprint density at radius 2 is 2.03 bits per heavy atom. The molecule has 0 saturated carbocycles. The highest BCUT2D eigenvalue weighted by Gasteiger charge is 2.26. The molecule has 34 heavy (non-hydrogen) atoms. The standard InChI is InChI=1S/C25H31N5O4/c1-16-15-34-11-10-30(16)24-20-6-7-21(17-5-8-22(33-2)18(12-17)14-31)26-23(20)27-25(28-24)29-9-3-4-19(32)13-29/h5-8,12,16,19,31-32H,3-4,9-11,13-15H2,1-2H3/t16-,19+/m0/s1. The Labute approximate surface area is 199 Å². The van der Waals surface area contributed by atoms with Crippen molar-refractivity contribution in [1.82, 2.24) is 15.0 Å². The molecule has 0 aliphatic carbocycles. The molecule has 2 N–H and O–H groups in total. The van der Waals surface area contributed by atoms with Crippen molar-refractivity contribution < 1.29 is 19.7 Å². The number of hydrogen-bond donors (Lipinski definition) is 2. The van der Waals surface area contributed by atoms with Crippen molar-refractivity contribution in [2.45, 2.75) is 38.5 Å². The van der Waals surface area contributed by atoms with Gasteiger partial charge in [-0.1, -0.05) is 0 Å². The summed E-state index contributed by atoms with van der Waals surface area (Å²) in [6.45, 7) is 5.37. The monoisotopic (exact) mass is 465 g/mol. The highest BCUT2D eigenvalue weighted by molar-refractivity contribution is 5.90. The zero-order valence-electron chi connectivity index (χ0n) is 19.6. The van der Waals surface area contributed by atoms with E-state index in [4.69, 9.17) is 24.4 Å². The van der Waals surface area contributed by atoms with E-state index in [0.29, 0.717) is 42.7 Å². The number of pyridine rings is 1. The molecule has 2 fully saturated rings. The number of fused-ring (bicyclic) bond motifs is 1. The van der Waals surface area contributed by atoms with Crippen LogP contribution in [0.2, 0.25) is 0 Å². The van der Waals surface area contributed by atoms with Crippen LogP contribution in [0.15, 0.2) is 30.3 Å². The molecule has 3 aromatic rings. The Kier molecular flexibility index (Phi) is 6.49. The van der Waals surface area contributed by atoms with E-state index in [2.05, 4.69) is 11.8 Å². The van der Waals surface area contributed by atoms with E-state index in [9.17, 15) is 10.2 Å². The van der Waals surface area contributed by atoms with Crippen LogP contribution >= 0.6 is 0 Å². The lowest BCUT2D eigenvalue weighted by atomic mass is 10.1. The lowest BCUT2D eigenvalue weighted by molar-refractivity contribution is 0.0987. The predicted molar refractivity (Wildman–Crippen MR) is 130 cm³/mol. The van der Waals surface area contributed by atoms with Gasteiger partial charge >= 0.3 is 0 Å². The number of methoxy groups -OCH3 is 1. The number of nitrogens with zero attached hydrogens (tertiary/aromatic N) is 5. The summed E-state index contributed by atoms with van der Waals surface area (Å²) in [6.07, 6.45) is 1.31. The number of hydrogen-bond acceptors (Lipinski definition) is 9. The van der Waals surface area contributed by atoms with E-state index in [1.54, 1.807) is 7.11 Å². The number of benzene rings is 1. The minimum Gasteiger partial charge on any atom is -0.496 e. The van der Waals surface area contributed by atoms with Gasteiger partial charge in [-0.3, -0.25) is 0 Å². The SMILES string of the molecule is COc1ccc(-c2ccc3c(N4CCOC[C@@H]4C)nc(N4CCC[C@@H](O)C4)nc3n2)cc1CO. The Hall–Kier alpha value is -3.01. The molecule has 0 unspecified atom stereocenters. The first kappa shape index (κ1) is 22.8. The molecule has 9 heteroatoms. The van der Waals surface area contributed by atoms with Gasteiger partial charge in [0.15, 0.2) is 5.65 Å². The molecule has 0 radical (unpaired) electrons. The summed E-state index contributed by atoms with van der Waals surface area (Å²) >= 11 is 0. The van der Waals surface area contributed by atoms with E-state index in [0.717, 1.165) is 48.4 Å². The van der Waals surface area contributed by atoms with Crippen molar-refractivity contribution in [3.63, 3.8) is 0 Å². The summed E-state index contributed by atoms with van der Waals surface area (Å²) in [6, 6.07) is 9.83. The fourth-order valence-electron chi connectivity index (χ4n) is 4.74. The molecule has 2 aromatic heterocycles. The number of aliphatic hydroxyl groups is 2. The van der Waals surface area contributed by atoms with Crippen LogP contribution in [-0.4, -0.2) is 77.3 Å². The number of morpholine rings is 1. The average molecular weight is 466 g/mol. The zero-order valence-corrected chi connectivity index (χ0v) is 19.6. The first-order valence-corrected chi connectivity index (χ1v) is 11.8. The Morgan fingerprint density at radius 3 is 2.79 bits per heavy atom. The van der Waals surface area contributed by atoms with Crippen LogP contribution in [0, 0.1) is 0 Å². The van der Waals surface area contributed by atoms with E-state index in [-0.39, 0.29) is 18.8 Å². The summed E-state index contributed by atoms with van der Waals surface area (Å²) in [5, 5.41) is 20.9. The molecule has 0 spiro atoms. The van der Waals surface area contributed by atoms with Gasteiger partial charge in [-0.05, 0) is 50.1 Å². The zero-order chi connectivity index (χ0) is 23.7. The minimum absolute atomic E-state index is 0.118. The van der Waals surface area contributed by atoms with Gasteiger partial charge in [0, 0.05) is 30.8 Å². The maximum Gasteiger partial charge on any atom is 0.229 e. The third-order valence-electron chi connectivity index (χ3n) is 6.59. The summed E-state index contributed by atoms with van der Waals surface area (Å²) in [4.78, 5) is 19.0. The van der Waals surface area contributed by atoms with Crippen LogP contribution in [0.5, 0.6) is 5.75 Å². The van der Waals surface area contributed by atoms with Crippen LogP contribution in [-0.2, 0) is 11.3 Å². The van der Waals surface area contributed by atoms with Crippen molar-refractivity contribution in [1.29, 1.82) is 0 Å². The molecular formula is C25H31N5O4. The van der Waals surface area contributed by atoms with Crippen LogP contribution in [0.1, 0.15) is 25.3 Å². The van der Waals surface area contributed by atoms with Gasteiger partial charge in [-0.15, -0.1) is 0 Å². The molecule has 4 heterocycles. The van der Waals surface area contributed by atoms with Crippen LogP contribution in [0.4, 0.5) is 11.8 Å². The van der Waals surface area contributed by atoms with Gasteiger partial charge in [-0.2, -0.15) is 9.97 Å². The normalized spacial score (nSPS) is 21.2. The van der Waals surface area contributed by atoms with Crippen LogP contribution in [0.3, 0.4) is 0 Å². The second-order valence-electron chi connectivity index (χ2n) is 8.96. The van der Waals surface area contributed by atoms with Crippen molar-refractivity contribution in [3.8, 4) is 17.0 Å². The van der Waals surface area contributed by atoms with Crippen molar-refractivity contribution in [2.24, 2.45) is 0 Å². The molecule has 2 aliphatic rings. The van der Waals surface area contributed by atoms with Crippen molar-refractivity contribution >= 4 is 22.8 Å². The Balaban J connectivity index is 1.62. The fourth-order valence-corrected chi connectivity index (χ4v) is 4.74.